The number of benzene rings is 1. The lowest BCUT2D eigenvalue weighted by Gasteiger charge is -2.11. The Bertz CT molecular complexity index is 630. The molecule has 126 valence electrons. The van der Waals surface area contributed by atoms with Crippen molar-refractivity contribution < 1.29 is 0 Å². The van der Waals surface area contributed by atoms with E-state index in [1.54, 1.807) is 11.3 Å². The Morgan fingerprint density at radius 2 is 2.09 bits per heavy atom. The SMILES string of the molecule is CCNC(=NCc1cnc(C)s1)NCCc1ccccc1Cl.I. The second-order valence-electron chi connectivity index (χ2n) is 4.81. The molecule has 1 aromatic heterocycles. The third kappa shape index (κ3) is 7.05. The average Bonchev–Trinajstić information content (AvgIpc) is 2.92. The maximum Gasteiger partial charge on any atom is 0.191 e. The molecule has 0 amide bonds. The molecule has 1 aromatic carbocycles. The monoisotopic (exact) mass is 464 g/mol. The van der Waals surface area contributed by atoms with Crippen molar-refractivity contribution in [2.24, 2.45) is 4.99 Å². The first-order chi connectivity index (χ1) is 10.7. The highest BCUT2D eigenvalue weighted by molar-refractivity contribution is 14.0. The van der Waals surface area contributed by atoms with Crippen molar-refractivity contribution in [1.82, 2.24) is 15.6 Å². The summed E-state index contributed by atoms with van der Waals surface area (Å²) in [6.07, 6.45) is 2.75. The fourth-order valence-electron chi connectivity index (χ4n) is 1.99. The second-order valence-corrected chi connectivity index (χ2v) is 6.54. The van der Waals surface area contributed by atoms with E-state index in [1.165, 1.54) is 4.88 Å². The van der Waals surface area contributed by atoms with Crippen molar-refractivity contribution in [3.63, 3.8) is 0 Å². The lowest BCUT2D eigenvalue weighted by molar-refractivity contribution is 0.801. The number of aliphatic imine (C=N–C) groups is 1. The number of rotatable bonds is 6. The van der Waals surface area contributed by atoms with Gasteiger partial charge in [-0.05, 0) is 31.9 Å². The van der Waals surface area contributed by atoms with Crippen molar-refractivity contribution in [3.8, 4) is 0 Å². The van der Waals surface area contributed by atoms with Crippen LogP contribution in [0.3, 0.4) is 0 Å². The molecule has 0 spiro atoms. The summed E-state index contributed by atoms with van der Waals surface area (Å²) in [4.78, 5) is 10.00. The van der Waals surface area contributed by atoms with Gasteiger partial charge >= 0.3 is 0 Å². The first kappa shape index (κ1) is 20.2. The first-order valence-corrected chi connectivity index (χ1v) is 8.55. The van der Waals surface area contributed by atoms with Gasteiger partial charge in [0.25, 0.3) is 0 Å². The number of aryl methyl sites for hydroxylation is 1. The Morgan fingerprint density at radius 3 is 2.74 bits per heavy atom. The minimum absolute atomic E-state index is 0. The summed E-state index contributed by atoms with van der Waals surface area (Å²) in [5.41, 5.74) is 1.14. The molecular weight excluding hydrogens is 443 g/mol. The van der Waals surface area contributed by atoms with Crippen LogP contribution in [-0.4, -0.2) is 24.0 Å². The molecule has 1 heterocycles. The van der Waals surface area contributed by atoms with Gasteiger partial charge in [-0.3, -0.25) is 0 Å². The van der Waals surface area contributed by atoms with E-state index in [0.717, 1.165) is 41.1 Å². The van der Waals surface area contributed by atoms with Gasteiger partial charge in [-0.2, -0.15) is 0 Å². The molecule has 2 N–H and O–H groups in total. The zero-order chi connectivity index (χ0) is 15.8. The summed E-state index contributed by atoms with van der Waals surface area (Å²) in [5.74, 6) is 0.820. The minimum atomic E-state index is 0. The molecule has 2 aromatic rings. The van der Waals surface area contributed by atoms with Crippen LogP contribution < -0.4 is 10.6 Å². The van der Waals surface area contributed by atoms with E-state index in [2.05, 4.69) is 27.5 Å². The van der Waals surface area contributed by atoms with Gasteiger partial charge in [0, 0.05) is 29.2 Å². The molecule has 0 aliphatic carbocycles. The van der Waals surface area contributed by atoms with E-state index in [0.29, 0.717) is 6.54 Å². The van der Waals surface area contributed by atoms with Crippen LogP contribution in [0.25, 0.3) is 0 Å². The molecule has 0 unspecified atom stereocenters. The van der Waals surface area contributed by atoms with E-state index >= 15 is 0 Å². The van der Waals surface area contributed by atoms with Crippen LogP contribution in [0.2, 0.25) is 5.02 Å². The number of hydrogen-bond acceptors (Lipinski definition) is 3. The number of nitrogens with zero attached hydrogens (tertiary/aromatic N) is 2. The molecular formula is C16H22ClIN4S. The minimum Gasteiger partial charge on any atom is -0.357 e. The van der Waals surface area contributed by atoms with Crippen LogP contribution in [0.5, 0.6) is 0 Å². The number of nitrogens with one attached hydrogen (secondary N) is 2. The van der Waals surface area contributed by atoms with Crippen LogP contribution in [0.15, 0.2) is 35.5 Å². The number of thiazole rings is 1. The standard InChI is InChI=1S/C16H21ClN4S.HI/c1-3-18-16(21-11-14-10-20-12(2)22-14)19-9-8-13-6-4-5-7-15(13)17;/h4-7,10H,3,8-9,11H2,1-2H3,(H2,18,19,21);1H. The quantitative estimate of drug-likeness (QED) is 0.386. The highest BCUT2D eigenvalue weighted by Crippen LogP contribution is 2.15. The molecule has 2 rings (SSSR count). The fourth-order valence-corrected chi connectivity index (χ4v) is 2.94. The second kappa shape index (κ2) is 10.8. The van der Waals surface area contributed by atoms with Gasteiger partial charge < -0.3 is 10.6 Å². The summed E-state index contributed by atoms with van der Waals surface area (Å²) in [5, 5.41) is 8.47. The van der Waals surface area contributed by atoms with Crippen LogP contribution in [0.1, 0.15) is 22.4 Å². The molecule has 0 saturated carbocycles. The topological polar surface area (TPSA) is 49.3 Å². The largest absolute Gasteiger partial charge is 0.357 e. The zero-order valence-corrected chi connectivity index (χ0v) is 17.2. The zero-order valence-electron chi connectivity index (χ0n) is 13.3. The first-order valence-electron chi connectivity index (χ1n) is 7.36. The van der Waals surface area contributed by atoms with Gasteiger partial charge in [0.2, 0.25) is 0 Å². The number of hydrogen-bond donors (Lipinski definition) is 2. The van der Waals surface area contributed by atoms with E-state index < -0.39 is 0 Å². The molecule has 4 nitrogen and oxygen atoms in total. The summed E-state index contributed by atoms with van der Waals surface area (Å²) in [6.45, 7) is 6.33. The Balaban J connectivity index is 0.00000264. The van der Waals surface area contributed by atoms with Crippen LogP contribution >= 0.6 is 46.9 Å². The summed E-state index contributed by atoms with van der Waals surface area (Å²) in [6, 6.07) is 7.92. The molecule has 0 bridgehead atoms. The van der Waals surface area contributed by atoms with Crippen molar-refractivity contribution in [2.45, 2.75) is 26.8 Å². The van der Waals surface area contributed by atoms with Gasteiger partial charge in [-0.25, -0.2) is 9.98 Å². The predicted octanol–water partition coefficient (Wildman–Crippen LogP) is 4.02. The Kier molecular flexibility index (Phi) is 9.50. The Labute approximate surface area is 163 Å². The van der Waals surface area contributed by atoms with E-state index in [1.807, 2.05) is 37.4 Å². The molecule has 0 aliphatic rings. The maximum absolute atomic E-state index is 6.17. The average molecular weight is 465 g/mol. The van der Waals surface area contributed by atoms with Gasteiger partial charge in [-0.15, -0.1) is 35.3 Å². The lowest BCUT2D eigenvalue weighted by atomic mass is 10.1. The third-order valence-electron chi connectivity index (χ3n) is 3.05. The fraction of sp³-hybridized carbons (Fsp3) is 0.375. The third-order valence-corrected chi connectivity index (χ3v) is 4.32. The molecule has 7 heteroatoms. The van der Waals surface area contributed by atoms with E-state index in [-0.39, 0.29) is 24.0 Å². The van der Waals surface area contributed by atoms with Crippen LogP contribution in [-0.2, 0) is 13.0 Å². The normalized spacial score (nSPS) is 11.0. The van der Waals surface area contributed by atoms with E-state index in [4.69, 9.17) is 11.6 Å². The summed E-state index contributed by atoms with van der Waals surface area (Å²) in [7, 11) is 0. The van der Waals surface area contributed by atoms with Crippen molar-refractivity contribution >= 4 is 52.9 Å². The summed E-state index contributed by atoms with van der Waals surface area (Å²) >= 11 is 7.84. The number of aromatic nitrogens is 1. The molecule has 0 atom stereocenters. The number of halogens is 2. The van der Waals surface area contributed by atoms with Crippen molar-refractivity contribution in [3.05, 3.63) is 50.9 Å². The molecule has 0 radical (unpaired) electrons. The van der Waals surface area contributed by atoms with Gasteiger partial charge in [-0.1, -0.05) is 29.8 Å². The highest BCUT2D eigenvalue weighted by Gasteiger charge is 2.02. The Morgan fingerprint density at radius 1 is 1.30 bits per heavy atom. The lowest BCUT2D eigenvalue weighted by Crippen LogP contribution is -2.38. The Hall–Kier alpha value is -0.860. The summed E-state index contributed by atoms with van der Waals surface area (Å²) < 4.78 is 0. The van der Waals surface area contributed by atoms with Gasteiger partial charge in [0.15, 0.2) is 5.96 Å². The molecule has 0 fully saturated rings. The predicted molar refractivity (Wildman–Crippen MR) is 110 cm³/mol. The molecule has 23 heavy (non-hydrogen) atoms. The smallest absolute Gasteiger partial charge is 0.191 e. The van der Waals surface area contributed by atoms with Gasteiger partial charge in [0.1, 0.15) is 0 Å². The van der Waals surface area contributed by atoms with Crippen LogP contribution in [0, 0.1) is 6.92 Å². The van der Waals surface area contributed by atoms with Crippen molar-refractivity contribution in [2.75, 3.05) is 13.1 Å². The van der Waals surface area contributed by atoms with Crippen molar-refractivity contribution in [1.29, 1.82) is 0 Å². The molecule has 0 aliphatic heterocycles. The van der Waals surface area contributed by atoms with Crippen LogP contribution in [0.4, 0.5) is 0 Å². The van der Waals surface area contributed by atoms with E-state index in [9.17, 15) is 0 Å². The van der Waals surface area contributed by atoms with Gasteiger partial charge in [0.05, 0.1) is 11.6 Å². The highest BCUT2D eigenvalue weighted by atomic mass is 127. The molecule has 0 saturated heterocycles. The number of guanidine groups is 1. The maximum atomic E-state index is 6.17.